The van der Waals surface area contributed by atoms with Crippen LogP contribution in [0.1, 0.15) is 39.2 Å². The molecule has 1 aromatic rings. The molecule has 136 valence electrons. The largest absolute Gasteiger partial charge is 0.512 e. The van der Waals surface area contributed by atoms with Gasteiger partial charge in [-0.05, 0) is 39.2 Å². The molecular weight excluding hydrogens is 318 g/mol. The Kier molecular flexibility index (Phi) is 6.23. The lowest BCUT2D eigenvalue weighted by atomic mass is 9.94. The highest BCUT2D eigenvalue weighted by atomic mass is 16.6. The van der Waals surface area contributed by atoms with E-state index < -0.39 is 5.60 Å². The molecule has 0 atom stereocenters. The van der Waals surface area contributed by atoms with Crippen molar-refractivity contribution in [3.05, 3.63) is 47.7 Å². The van der Waals surface area contributed by atoms with Crippen LogP contribution in [0.4, 0.5) is 4.79 Å². The summed E-state index contributed by atoms with van der Waals surface area (Å²) in [4.78, 5) is 25.8. The van der Waals surface area contributed by atoms with Crippen LogP contribution in [0, 0.1) is 5.92 Å². The number of hydrogen-bond donors (Lipinski definition) is 1. The summed E-state index contributed by atoms with van der Waals surface area (Å²) in [5.41, 5.74) is 0.413. The molecule has 1 fully saturated rings. The first-order valence-electron chi connectivity index (χ1n) is 8.70. The van der Waals surface area contributed by atoms with Crippen molar-refractivity contribution >= 4 is 11.9 Å². The molecule has 0 aromatic heterocycles. The van der Waals surface area contributed by atoms with Crippen LogP contribution in [0.15, 0.2) is 42.2 Å². The van der Waals surface area contributed by atoms with Crippen LogP contribution in [0.2, 0.25) is 0 Å². The highest BCUT2D eigenvalue weighted by Crippen LogP contribution is 2.24. The number of aliphatic hydroxyl groups excluding tert-OH is 1. The molecule has 1 N–H and O–H groups in total. The number of rotatable bonds is 4. The van der Waals surface area contributed by atoms with Crippen LogP contribution in [0.3, 0.4) is 0 Å². The number of ether oxygens (including phenoxy) is 1. The topological polar surface area (TPSA) is 66.8 Å². The van der Waals surface area contributed by atoms with E-state index in [0.717, 1.165) is 5.56 Å². The van der Waals surface area contributed by atoms with Crippen molar-refractivity contribution in [2.75, 3.05) is 13.1 Å². The predicted octanol–water partition coefficient (Wildman–Crippen LogP) is 3.89. The second-order valence-corrected chi connectivity index (χ2v) is 7.44. The van der Waals surface area contributed by atoms with Gasteiger partial charge >= 0.3 is 6.09 Å². The molecule has 5 heteroatoms. The van der Waals surface area contributed by atoms with E-state index in [1.807, 2.05) is 51.1 Å². The molecule has 1 aliphatic rings. The first-order valence-corrected chi connectivity index (χ1v) is 8.70. The Labute approximate surface area is 149 Å². The standard InChI is InChI=1S/C20H27NO4/c1-20(2,3)25-19(24)21-11-9-16(10-12-21)18(23)14-17(22)13-15-7-5-4-6-8-15/h4-8,14,16,23H,9-13H2,1-3H3/b18-14-. The summed E-state index contributed by atoms with van der Waals surface area (Å²) < 4.78 is 5.36. The van der Waals surface area contributed by atoms with Gasteiger partial charge in [0.05, 0.1) is 5.76 Å². The van der Waals surface area contributed by atoms with Crippen LogP contribution in [-0.4, -0.2) is 40.6 Å². The molecular formula is C20H27NO4. The smallest absolute Gasteiger partial charge is 0.410 e. The zero-order valence-corrected chi connectivity index (χ0v) is 15.2. The van der Waals surface area contributed by atoms with Gasteiger partial charge in [-0.15, -0.1) is 0 Å². The number of hydrogen-bond acceptors (Lipinski definition) is 4. The average molecular weight is 345 g/mol. The van der Waals surface area contributed by atoms with E-state index in [4.69, 9.17) is 4.74 Å². The minimum absolute atomic E-state index is 0.0848. The fraction of sp³-hybridized carbons (Fsp3) is 0.500. The summed E-state index contributed by atoms with van der Waals surface area (Å²) in [6, 6.07) is 9.46. The number of carbonyl (C=O) groups is 2. The van der Waals surface area contributed by atoms with Crippen LogP contribution >= 0.6 is 0 Å². The second-order valence-electron chi connectivity index (χ2n) is 7.44. The Hall–Kier alpha value is -2.30. The highest BCUT2D eigenvalue weighted by molar-refractivity contribution is 5.91. The maximum atomic E-state index is 12.1. The summed E-state index contributed by atoms with van der Waals surface area (Å²) in [6.45, 7) is 6.55. The Morgan fingerprint density at radius 3 is 2.36 bits per heavy atom. The summed E-state index contributed by atoms with van der Waals surface area (Å²) in [6.07, 6.45) is 2.54. The summed E-state index contributed by atoms with van der Waals surface area (Å²) in [5, 5.41) is 10.2. The van der Waals surface area contributed by atoms with E-state index >= 15 is 0 Å². The summed E-state index contributed by atoms with van der Waals surface area (Å²) >= 11 is 0. The number of likely N-dealkylation sites (tertiary alicyclic amines) is 1. The lowest BCUT2D eigenvalue weighted by Gasteiger charge is -2.33. The lowest BCUT2D eigenvalue weighted by Crippen LogP contribution is -2.42. The van der Waals surface area contributed by atoms with E-state index in [2.05, 4.69) is 0 Å². The van der Waals surface area contributed by atoms with Gasteiger partial charge in [-0.3, -0.25) is 4.79 Å². The molecule has 1 heterocycles. The molecule has 0 saturated carbocycles. The number of aliphatic hydroxyl groups is 1. The predicted molar refractivity (Wildman–Crippen MR) is 96.4 cm³/mol. The molecule has 1 saturated heterocycles. The van der Waals surface area contributed by atoms with Gasteiger partial charge in [0, 0.05) is 31.5 Å². The van der Waals surface area contributed by atoms with Gasteiger partial charge in [0.1, 0.15) is 5.60 Å². The minimum Gasteiger partial charge on any atom is -0.512 e. The third kappa shape index (κ3) is 6.25. The van der Waals surface area contributed by atoms with E-state index in [0.29, 0.717) is 25.9 Å². The van der Waals surface area contributed by atoms with Crippen molar-refractivity contribution in [2.45, 2.75) is 45.6 Å². The van der Waals surface area contributed by atoms with E-state index in [9.17, 15) is 14.7 Å². The third-order valence-corrected chi connectivity index (χ3v) is 4.09. The Balaban J connectivity index is 1.85. The molecule has 1 aliphatic heterocycles. The summed E-state index contributed by atoms with van der Waals surface area (Å²) in [5.74, 6) is -0.0820. The van der Waals surface area contributed by atoms with Crippen LogP contribution in [0.25, 0.3) is 0 Å². The monoisotopic (exact) mass is 345 g/mol. The zero-order chi connectivity index (χ0) is 18.4. The van der Waals surface area contributed by atoms with Crippen molar-refractivity contribution in [2.24, 2.45) is 5.92 Å². The molecule has 0 bridgehead atoms. The normalized spacial score (nSPS) is 16.6. The van der Waals surface area contributed by atoms with Crippen LogP contribution in [0.5, 0.6) is 0 Å². The fourth-order valence-corrected chi connectivity index (χ4v) is 2.82. The highest BCUT2D eigenvalue weighted by Gasteiger charge is 2.28. The minimum atomic E-state index is -0.514. The van der Waals surface area contributed by atoms with Crippen molar-refractivity contribution in [3.8, 4) is 0 Å². The van der Waals surface area contributed by atoms with Gasteiger partial charge in [-0.1, -0.05) is 30.3 Å². The molecule has 1 amide bonds. The molecule has 0 radical (unpaired) electrons. The first kappa shape index (κ1) is 19.0. The number of benzene rings is 1. The van der Waals surface area contributed by atoms with E-state index in [1.54, 1.807) is 4.90 Å². The molecule has 0 unspecified atom stereocenters. The Morgan fingerprint density at radius 1 is 1.20 bits per heavy atom. The molecule has 25 heavy (non-hydrogen) atoms. The van der Waals surface area contributed by atoms with Crippen molar-refractivity contribution in [3.63, 3.8) is 0 Å². The first-order chi connectivity index (χ1) is 11.7. The Bertz CT molecular complexity index is 623. The van der Waals surface area contributed by atoms with Gasteiger partial charge in [-0.25, -0.2) is 4.79 Å². The fourth-order valence-electron chi connectivity index (χ4n) is 2.82. The maximum Gasteiger partial charge on any atom is 0.410 e. The number of nitrogens with zero attached hydrogens (tertiary/aromatic N) is 1. The van der Waals surface area contributed by atoms with Gasteiger partial charge in [0.15, 0.2) is 5.78 Å². The van der Waals surface area contributed by atoms with Crippen molar-refractivity contribution in [1.82, 2.24) is 4.90 Å². The van der Waals surface area contributed by atoms with Crippen LogP contribution < -0.4 is 0 Å². The molecule has 2 rings (SSSR count). The second kappa shape index (κ2) is 8.19. The molecule has 0 aliphatic carbocycles. The quantitative estimate of drug-likeness (QED) is 0.664. The number of carbonyl (C=O) groups excluding carboxylic acids is 2. The third-order valence-electron chi connectivity index (χ3n) is 4.09. The lowest BCUT2D eigenvalue weighted by molar-refractivity contribution is -0.114. The van der Waals surface area contributed by atoms with Crippen LogP contribution in [-0.2, 0) is 16.0 Å². The molecule has 5 nitrogen and oxygen atoms in total. The Morgan fingerprint density at radius 2 is 1.80 bits per heavy atom. The maximum absolute atomic E-state index is 12.1. The number of allylic oxidation sites excluding steroid dienone is 2. The number of amides is 1. The van der Waals surface area contributed by atoms with Crippen molar-refractivity contribution in [1.29, 1.82) is 0 Å². The van der Waals surface area contributed by atoms with Gasteiger partial charge in [0.2, 0.25) is 0 Å². The van der Waals surface area contributed by atoms with Gasteiger partial charge in [0.25, 0.3) is 0 Å². The molecule has 0 spiro atoms. The average Bonchev–Trinajstić information content (AvgIpc) is 2.54. The van der Waals surface area contributed by atoms with Crippen molar-refractivity contribution < 1.29 is 19.4 Å². The van der Waals surface area contributed by atoms with E-state index in [1.165, 1.54) is 6.08 Å². The van der Waals surface area contributed by atoms with Gasteiger partial charge < -0.3 is 14.7 Å². The van der Waals surface area contributed by atoms with E-state index in [-0.39, 0.29) is 30.0 Å². The zero-order valence-electron chi connectivity index (χ0n) is 15.2. The number of ketones is 1. The summed E-state index contributed by atoms with van der Waals surface area (Å²) in [7, 11) is 0. The number of piperidine rings is 1. The van der Waals surface area contributed by atoms with Gasteiger partial charge in [-0.2, -0.15) is 0 Å². The molecule has 1 aromatic carbocycles. The SMILES string of the molecule is CC(C)(C)OC(=O)N1CCC(/C(O)=C/C(=O)Cc2ccccc2)CC1.